The zero-order valence-corrected chi connectivity index (χ0v) is 14.8. The molecule has 1 N–H and O–H groups in total. The zero-order chi connectivity index (χ0) is 17.8. The highest BCUT2D eigenvalue weighted by Crippen LogP contribution is 2.31. The maximum atomic E-state index is 10.9. The van der Waals surface area contributed by atoms with Crippen LogP contribution >= 0.6 is 11.6 Å². The molecule has 2 aromatic rings. The summed E-state index contributed by atoms with van der Waals surface area (Å²) in [6, 6.07) is 11.3. The molecule has 1 saturated heterocycles. The lowest BCUT2D eigenvalue weighted by atomic mass is 10.1. The number of rotatable bonds is 5. The molecular formula is C18H20ClN3O3. The van der Waals surface area contributed by atoms with Crippen LogP contribution in [0.4, 0.5) is 17.1 Å². The summed E-state index contributed by atoms with van der Waals surface area (Å²) in [5.74, 6) is 0. The second-order valence-corrected chi connectivity index (χ2v) is 6.40. The van der Waals surface area contributed by atoms with E-state index in [1.54, 1.807) is 0 Å². The number of hydrogen-bond donors (Lipinski definition) is 1. The summed E-state index contributed by atoms with van der Waals surface area (Å²) in [5.41, 5.74) is 3.79. The molecule has 0 radical (unpaired) electrons. The van der Waals surface area contributed by atoms with E-state index < -0.39 is 4.92 Å². The van der Waals surface area contributed by atoms with Crippen molar-refractivity contribution in [3.63, 3.8) is 0 Å². The quantitative estimate of drug-likeness (QED) is 0.643. The molecule has 0 unspecified atom stereocenters. The molecule has 0 aliphatic carbocycles. The molecule has 0 bridgehead atoms. The summed E-state index contributed by atoms with van der Waals surface area (Å²) in [6.45, 7) is 5.76. The number of non-ortho nitro benzene ring substituents is 1. The van der Waals surface area contributed by atoms with E-state index in [1.807, 2.05) is 6.92 Å². The highest BCUT2D eigenvalue weighted by atomic mass is 35.5. The van der Waals surface area contributed by atoms with Crippen LogP contribution in [-0.4, -0.2) is 31.2 Å². The summed E-state index contributed by atoms with van der Waals surface area (Å²) < 4.78 is 5.37. The molecule has 1 aliphatic heterocycles. The minimum atomic E-state index is -0.437. The van der Waals surface area contributed by atoms with Gasteiger partial charge in [0.2, 0.25) is 0 Å². The molecule has 3 rings (SSSR count). The van der Waals surface area contributed by atoms with Gasteiger partial charge in [0.05, 0.1) is 28.8 Å². The van der Waals surface area contributed by atoms with Crippen LogP contribution in [0.2, 0.25) is 5.02 Å². The van der Waals surface area contributed by atoms with Gasteiger partial charge in [-0.05, 0) is 30.2 Å². The van der Waals surface area contributed by atoms with Crippen molar-refractivity contribution in [2.45, 2.75) is 13.5 Å². The molecule has 0 spiro atoms. The Bertz CT molecular complexity index is 736. The molecule has 25 heavy (non-hydrogen) atoms. The highest BCUT2D eigenvalue weighted by molar-refractivity contribution is 6.33. The number of benzene rings is 2. The number of ether oxygens (including phenoxy) is 1. The maximum absolute atomic E-state index is 10.9. The predicted octanol–water partition coefficient (Wildman–Crippen LogP) is 4.01. The van der Waals surface area contributed by atoms with Crippen LogP contribution in [0.25, 0.3) is 0 Å². The molecule has 1 aliphatic rings. The Morgan fingerprint density at radius 1 is 1.24 bits per heavy atom. The van der Waals surface area contributed by atoms with Gasteiger partial charge in [-0.15, -0.1) is 0 Å². The van der Waals surface area contributed by atoms with E-state index in [1.165, 1.54) is 17.8 Å². The van der Waals surface area contributed by atoms with Crippen LogP contribution in [-0.2, 0) is 11.3 Å². The smallest absolute Gasteiger partial charge is 0.271 e. The van der Waals surface area contributed by atoms with Crippen molar-refractivity contribution in [1.29, 1.82) is 0 Å². The van der Waals surface area contributed by atoms with E-state index in [9.17, 15) is 10.1 Å². The lowest BCUT2D eigenvalue weighted by Crippen LogP contribution is -2.36. The fraction of sp³-hybridized carbons (Fsp3) is 0.333. The van der Waals surface area contributed by atoms with Crippen molar-refractivity contribution in [3.05, 3.63) is 62.7 Å². The van der Waals surface area contributed by atoms with Gasteiger partial charge in [0.15, 0.2) is 0 Å². The number of aryl methyl sites for hydroxylation is 1. The summed E-state index contributed by atoms with van der Waals surface area (Å²) in [6.07, 6.45) is 0. The molecule has 0 atom stereocenters. The molecular weight excluding hydrogens is 342 g/mol. The van der Waals surface area contributed by atoms with Crippen LogP contribution in [0.1, 0.15) is 11.1 Å². The first kappa shape index (κ1) is 17.5. The van der Waals surface area contributed by atoms with Gasteiger partial charge in [-0.2, -0.15) is 0 Å². The van der Waals surface area contributed by atoms with E-state index in [2.05, 4.69) is 34.5 Å². The lowest BCUT2D eigenvalue weighted by Gasteiger charge is -2.29. The monoisotopic (exact) mass is 361 g/mol. The first-order valence-electron chi connectivity index (χ1n) is 8.14. The number of halogens is 1. The highest BCUT2D eigenvalue weighted by Gasteiger charge is 2.14. The van der Waals surface area contributed by atoms with Crippen LogP contribution < -0.4 is 10.2 Å². The van der Waals surface area contributed by atoms with Crippen LogP contribution in [0, 0.1) is 17.0 Å². The van der Waals surface area contributed by atoms with Gasteiger partial charge >= 0.3 is 0 Å². The average Bonchev–Trinajstić information content (AvgIpc) is 2.62. The Kier molecular flexibility index (Phi) is 5.40. The predicted molar refractivity (Wildman–Crippen MR) is 99.6 cm³/mol. The second-order valence-electron chi connectivity index (χ2n) is 6.00. The normalized spacial score (nSPS) is 14.4. The Balaban J connectivity index is 1.66. The topological polar surface area (TPSA) is 67.6 Å². The second kappa shape index (κ2) is 7.72. The molecule has 1 heterocycles. The molecule has 7 heteroatoms. The van der Waals surface area contributed by atoms with E-state index in [0.717, 1.165) is 43.1 Å². The number of nitro groups is 1. The van der Waals surface area contributed by atoms with Crippen molar-refractivity contribution < 1.29 is 9.66 Å². The van der Waals surface area contributed by atoms with Crippen molar-refractivity contribution in [1.82, 2.24) is 0 Å². The molecule has 1 fully saturated rings. The van der Waals surface area contributed by atoms with Gasteiger partial charge in [-0.1, -0.05) is 23.7 Å². The summed E-state index contributed by atoms with van der Waals surface area (Å²) in [7, 11) is 0. The first-order valence-corrected chi connectivity index (χ1v) is 8.52. The lowest BCUT2D eigenvalue weighted by molar-refractivity contribution is -0.384. The zero-order valence-electron chi connectivity index (χ0n) is 14.0. The Morgan fingerprint density at radius 2 is 1.92 bits per heavy atom. The number of nitro benzene ring substituents is 1. The van der Waals surface area contributed by atoms with Crippen molar-refractivity contribution in [3.8, 4) is 0 Å². The van der Waals surface area contributed by atoms with Gasteiger partial charge in [0.25, 0.3) is 5.69 Å². The Labute approximate surface area is 151 Å². The molecule has 0 aromatic heterocycles. The van der Waals surface area contributed by atoms with Gasteiger partial charge in [0, 0.05) is 37.5 Å². The van der Waals surface area contributed by atoms with Gasteiger partial charge < -0.3 is 15.0 Å². The molecule has 6 nitrogen and oxygen atoms in total. The SMILES string of the molecule is Cc1cc([N+](=O)[O-])cc(Cl)c1NCc1ccc(N2CCOCC2)cc1. The number of nitrogens with one attached hydrogen (secondary N) is 1. The Morgan fingerprint density at radius 3 is 2.52 bits per heavy atom. The standard InChI is InChI=1S/C18H20ClN3O3/c1-13-10-16(22(23)24)11-17(19)18(13)20-12-14-2-4-15(5-3-14)21-6-8-25-9-7-21/h2-5,10-11,20H,6-9,12H2,1H3. The van der Waals surface area contributed by atoms with E-state index in [4.69, 9.17) is 16.3 Å². The van der Waals surface area contributed by atoms with Crippen LogP contribution in [0.15, 0.2) is 36.4 Å². The first-order chi connectivity index (χ1) is 12.0. The van der Waals surface area contributed by atoms with Crippen molar-refractivity contribution in [2.24, 2.45) is 0 Å². The Hall–Kier alpha value is -2.31. The third kappa shape index (κ3) is 4.21. The minimum Gasteiger partial charge on any atom is -0.380 e. The fourth-order valence-electron chi connectivity index (χ4n) is 2.89. The number of hydrogen-bond acceptors (Lipinski definition) is 5. The largest absolute Gasteiger partial charge is 0.380 e. The van der Waals surface area contributed by atoms with Gasteiger partial charge in [0.1, 0.15) is 0 Å². The van der Waals surface area contributed by atoms with Crippen molar-refractivity contribution >= 4 is 28.7 Å². The van der Waals surface area contributed by atoms with Crippen LogP contribution in [0.5, 0.6) is 0 Å². The fourth-order valence-corrected chi connectivity index (χ4v) is 3.22. The van der Waals surface area contributed by atoms with Crippen molar-refractivity contribution in [2.75, 3.05) is 36.5 Å². The third-order valence-corrected chi connectivity index (χ3v) is 4.56. The summed E-state index contributed by atoms with van der Waals surface area (Å²) >= 11 is 6.19. The number of nitrogens with zero attached hydrogens (tertiary/aromatic N) is 2. The van der Waals surface area contributed by atoms with Gasteiger partial charge in [-0.25, -0.2) is 0 Å². The van der Waals surface area contributed by atoms with E-state index in [0.29, 0.717) is 11.6 Å². The van der Waals surface area contributed by atoms with Gasteiger partial charge in [-0.3, -0.25) is 10.1 Å². The molecule has 132 valence electrons. The summed E-state index contributed by atoms with van der Waals surface area (Å²) in [4.78, 5) is 12.7. The number of morpholine rings is 1. The molecule has 0 saturated carbocycles. The van der Waals surface area contributed by atoms with E-state index in [-0.39, 0.29) is 5.69 Å². The molecule has 2 aromatic carbocycles. The number of anilines is 2. The van der Waals surface area contributed by atoms with E-state index >= 15 is 0 Å². The third-order valence-electron chi connectivity index (χ3n) is 4.26. The average molecular weight is 362 g/mol. The molecule has 0 amide bonds. The maximum Gasteiger partial charge on any atom is 0.271 e. The van der Waals surface area contributed by atoms with Crippen LogP contribution in [0.3, 0.4) is 0 Å². The minimum absolute atomic E-state index is 0.00270. The summed E-state index contributed by atoms with van der Waals surface area (Å²) in [5, 5.41) is 14.5.